The van der Waals surface area contributed by atoms with Crippen molar-refractivity contribution in [2.45, 2.75) is 11.1 Å². The van der Waals surface area contributed by atoms with Crippen molar-refractivity contribution in [2.75, 3.05) is 16.6 Å². The van der Waals surface area contributed by atoms with Crippen LogP contribution in [0.2, 0.25) is 0 Å². The molecule has 0 atom stereocenters. The molecule has 0 aliphatic carbocycles. The fourth-order valence-corrected chi connectivity index (χ4v) is 4.66. The summed E-state index contributed by atoms with van der Waals surface area (Å²) in [6.45, 7) is -0.311. The van der Waals surface area contributed by atoms with Gasteiger partial charge in [0.25, 0.3) is 15.9 Å². The van der Waals surface area contributed by atoms with Crippen molar-refractivity contribution in [3.05, 3.63) is 78.5 Å². The first-order chi connectivity index (χ1) is 16.1. The number of anilines is 2. The van der Waals surface area contributed by atoms with Gasteiger partial charge in [0.2, 0.25) is 0 Å². The van der Waals surface area contributed by atoms with Gasteiger partial charge in [-0.25, -0.2) is 8.42 Å². The Hall–Kier alpha value is -3.64. The summed E-state index contributed by atoms with van der Waals surface area (Å²) >= 11 is 1.35. The van der Waals surface area contributed by atoms with E-state index in [1.54, 1.807) is 18.3 Å². The monoisotopic (exact) mass is 507 g/mol. The molecule has 12 heteroatoms. The summed E-state index contributed by atoms with van der Waals surface area (Å²) in [6.07, 6.45) is -2.90. The summed E-state index contributed by atoms with van der Waals surface area (Å²) in [5, 5.41) is 3.60. The topological polar surface area (TPSA) is 97.4 Å². The normalized spacial score (nSPS) is 11.9. The molecule has 0 radical (unpaired) electrons. The highest BCUT2D eigenvalue weighted by Gasteiger charge is 2.30. The Balaban J connectivity index is 1.36. The number of halogens is 3. The minimum absolute atomic E-state index is 0.181. The minimum Gasteiger partial charge on any atom is -0.484 e. The summed E-state index contributed by atoms with van der Waals surface area (Å²) in [5.74, 6) is -0.170. The van der Waals surface area contributed by atoms with Gasteiger partial charge in [-0.15, -0.1) is 0 Å². The van der Waals surface area contributed by atoms with E-state index in [-0.39, 0.29) is 22.9 Å². The molecule has 0 saturated heterocycles. The number of alkyl halides is 3. The third-order valence-electron chi connectivity index (χ3n) is 4.58. The number of sulfonamides is 1. The lowest BCUT2D eigenvalue weighted by Gasteiger charge is -2.12. The van der Waals surface area contributed by atoms with Gasteiger partial charge in [-0.3, -0.25) is 9.52 Å². The number of carbonyl (C=O) groups is 1. The van der Waals surface area contributed by atoms with Crippen LogP contribution >= 0.6 is 11.5 Å². The Morgan fingerprint density at radius 3 is 2.50 bits per heavy atom. The molecule has 1 aromatic heterocycles. The Kier molecular flexibility index (Phi) is 6.44. The zero-order valence-corrected chi connectivity index (χ0v) is 18.8. The van der Waals surface area contributed by atoms with Crippen LogP contribution in [0.5, 0.6) is 5.75 Å². The summed E-state index contributed by atoms with van der Waals surface area (Å²) in [7, 11) is -4.13. The standard InChI is InChI=1S/C22H16F3N3O4S2/c23-22(24,25)15-2-1-3-17(11-15)28-34(30,31)19-7-5-18(6-8-19)32-13-21(29)27-16-4-9-20-14(10-16)12-26-33-20/h1-12,28H,13H2,(H,27,29). The lowest BCUT2D eigenvalue weighted by atomic mass is 10.2. The number of fused-ring (bicyclic) bond motifs is 1. The number of nitrogens with one attached hydrogen (secondary N) is 2. The van der Waals surface area contributed by atoms with E-state index in [1.165, 1.54) is 41.9 Å². The van der Waals surface area contributed by atoms with Crippen LogP contribution in [0, 0.1) is 0 Å². The van der Waals surface area contributed by atoms with Crippen LogP contribution in [0.3, 0.4) is 0 Å². The summed E-state index contributed by atoms with van der Waals surface area (Å²) in [5.41, 5.74) is -0.603. The molecule has 3 aromatic carbocycles. The van der Waals surface area contributed by atoms with Crippen molar-refractivity contribution in [2.24, 2.45) is 0 Å². The molecule has 0 fully saturated rings. The predicted molar refractivity (Wildman–Crippen MR) is 122 cm³/mol. The highest BCUT2D eigenvalue weighted by Crippen LogP contribution is 2.31. The molecule has 0 unspecified atom stereocenters. The number of benzene rings is 3. The molecular weight excluding hydrogens is 491 g/mol. The first-order valence-electron chi connectivity index (χ1n) is 9.67. The van der Waals surface area contributed by atoms with Crippen molar-refractivity contribution >= 4 is 48.9 Å². The molecule has 0 saturated carbocycles. The first-order valence-corrected chi connectivity index (χ1v) is 11.9. The van der Waals surface area contributed by atoms with Gasteiger partial charge in [-0.05, 0) is 72.2 Å². The number of amides is 1. The Labute approximate surface area is 196 Å². The molecule has 1 heterocycles. The fourth-order valence-electron chi connectivity index (χ4n) is 2.98. The van der Waals surface area contributed by atoms with Crippen LogP contribution < -0.4 is 14.8 Å². The largest absolute Gasteiger partial charge is 0.484 e. The van der Waals surface area contributed by atoms with Gasteiger partial charge in [0.1, 0.15) is 5.75 Å². The second kappa shape index (κ2) is 9.31. The average Bonchev–Trinajstić information content (AvgIpc) is 3.25. The molecule has 0 spiro atoms. The van der Waals surface area contributed by atoms with Gasteiger partial charge in [-0.1, -0.05) is 6.07 Å². The Bertz CT molecular complexity index is 1440. The second-order valence-corrected chi connectivity index (χ2v) is 9.59. The number of hydrogen-bond donors (Lipinski definition) is 2. The smallest absolute Gasteiger partial charge is 0.416 e. The van der Waals surface area contributed by atoms with Crippen LogP contribution in [-0.4, -0.2) is 25.3 Å². The van der Waals surface area contributed by atoms with E-state index >= 15 is 0 Å². The molecule has 4 rings (SSSR count). The van der Waals surface area contributed by atoms with Gasteiger partial charge >= 0.3 is 6.18 Å². The number of aromatic nitrogens is 1. The predicted octanol–water partition coefficient (Wildman–Crippen LogP) is 5.13. The van der Waals surface area contributed by atoms with Crippen molar-refractivity contribution in [1.29, 1.82) is 0 Å². The van der Waals surface area contributed by atoms with Crippen LogP contribution in [-0.2, 0) is 21.0 Å². The molecule has 1 amide bonds. The lowest BCUT2D eigenvalue weighted by Crippen LogP contribution is -2.20. The molecule has 4 aromatic rings. The zero-order chi connectivity index (χ0) is 24.3. The maximum absolute atomic E-state index is 12.8. The number of nitrogens with zero attached hydrogens (tertiary/aromatic N) is 1. The summed E-state index contributed by atoms with van der Waals surface area (Å²) in [6, 6.07) is 14.4. The third kappa shape index (κ3) is 5.64. The van der Waals surface area contributed by atoms with Crippen LogP contribution in [0.4, 0.5) is 24.5 Å². The van der Waals surface area contributed by atoms with Crippen LogP contribution in [0.25, 0.3) is 10.1 Å². The van der Waals surface area contributed by atoms with E-state index < -0.39 is 27.7 Å². The first kappa shape index (κ1) is 23.5. The van der Waals surface area contributed by atoms with E-state index in [0.29, 0.717) is 11.8 Å². The number of rotatable bonds is 7. The van der Waals surface area contributed by atoms with E-state index in [9.17, 15) is 26.4 Å². The van der Waals surface area contributed by atoms with Gasteiger partial charge in [0.05, 0.1) is 15.2 Å². The molecule has 7 nitrogen and oxygen atoms in total. The maximum atomic E-state index is 12.8. The quantitative estimate of drug-likeness (QED) is 0.361. The molecule has 176 valence electrons. The zero-order valence-electron chi connectivity index (χ0n) is 17.2. The van der Waals surface area contributed by atoms with Gasteiger partial charge in [0, 0.05) is 23.0 Å². The van der Waals surface area contributed by atoms with E-state index in [1.807, 2.05) is 6.07 Å². The Morgan fingerprint density at radius 2 is 1.76 bits per heavy atom. The molecule has 34 heavy (non-hydrogen) atoms. The SMILES string of the molecule is O=C(COc1ccc(S(=O)(=O)Nc2cccc(C(F)(F)F)c2)cc1)Nc1ccc2sncc2c1. The van der Waals surface area contributed by atoms with E-state index in [2.05, 4.69) is 14.4 Å². The third-order valence-corrected chi connectivity index (χ3v) is 6.76. The van der Waals surface area contributed by atoms with Crippen molar-refractivity contribution < 1.29 is 31.1 Å². The lowest BCUT2D eigenvalue weighted by molar-refractivity contribution is -0.137. The molecular formula is C22H16F3N3O4S2. The van der Waals surface area contributed by atoms with Gasteiger partial charge < -0.3 is 10.1 Å². The summed E-state index contributed by atoms with van der Waals surface area (Å²) < 4.78 is 76.1. The van der Waals surface area contributed by atoms with E-state index in [0.717, 1.165) is 22.2 Å². The summed E-state index contributed by atoms with van der Waals surface area (Å²) in [4.78, 5) is 12.0. The molecule has 2 N–H and O–H groups in total. The maximum Gasteiger partial charge on any atom is 0.416 e. The highest BCUT2D eigenvalue weighted by atomic mass is 32.2. The minimum atomic E-state index is -4.60. The van der Waals surface area contributed by atoms with Crippen LogP contribution in [0.15, 0.2) is 77.8 Å². The Morgan fingerprint density at radius 1 is 1.00 bits per heavy atom. The van der Waals surface area contributed by atoms with Crippen molar-refractivity contribution in [3.63, 3.8) is 0 Å². The van der Waals surface area contributed by atoms with Gasteiger partial charge in [-0.2, -0.15) is 17.5 Å². The van der Waals surface area contributed by atoms with Crippen molar-refractivity contribution in [3.8, 4) is 5.75 Å². The van der Waals surface area contributed by atoms with Gasteiger partial charge in [0.15, 0.2) is 6.61 Å². The molecule has 0 aliphatic rings. The number of carbonyl (C=O) groups excluding carboxylic acids is 1. The molecule has 0 bridgehead atoms. The average molecular weight is 508 g/mol. The number of ether oxygens (including phenoxy) is 1. The number of hydrogen-bond acceptors (Lipinski definition) is 6. The molecule has 0 aliphatic heterocycles. The van der Waals surface area contributed by atoms with Crippen molar-refractivity contribution in [1.82, 2.24) is 4.37 Å². The second-order valence-electron chi connectivity index (χ2n) is 7.07. The van der Waals surface area contributed by atoms with E-state index in [4.69, 9.17) is 4.74 Å². The van der Waals surface area contributed by atoms with Crippen LogP contribution in [0.1, 0.15) is 5.56 Å². The fraction of sp³-hybridized carbons (Fsp3) is 0.0909. The highest BCUT2D eigenvalue weighted by molar-refractivity contribution is 7.92.